The maximum absolute atomic E-state index is 9.54. The van der Waals surface area contributed by atoms with Crippen LogP contribution in [0, 0.1) is 0 Å². The molecule has 0 amide bonds. The molecule has 0 aliphatic rings. The Morgan fingerprint density at radius 2 is 1.95 bits per heavy atom. The van der Waals surface area contributed by atoms with Crippen molar-refractivity contribution in [3.05, 3.63) is 54.7 Å². The molecule has 6 heteroatoms. The van der Waals surface area contributed by atoms with Gasteiger partial charge in [-0.25, -0.2) is 4.98 Å². The highest BCUT2D eigenvalue weighted by Gasteiger charge is 2.06. The number of benzene rings is 1. The first kappa shape index (κ1) is 14.0. The summed E-state index contributed by atoms with van der Waals surface area (Å²) in [7, 11) is 0. The minimum atomic E-state index is 0.119. The van der Waals surface area contributed by atoms with E-state index in [0.29, 0.717) is 12.2 Å². The van der Waals surface area contributed by atoms with Gasteiger partial charge in [0.1, 0.15) is 5.75 Å². The Kier molecular flexibility index (Phi) is 3.67. The molecule has 0 saturated heterocycles. The third-order valence-corrected chi connectivity index (χ3v) is 3.35. The average molecular weight is 293 g/mol. The number of hydrogen-bond acceptors (Lipinski definition) is 6. The molecule has 1 aromatic carbocycles. The van der Waals surface area contributed by atoms with Gasteiger partial charge in [-0.3, -0.25) is 9.97 Å². The molecule has 2 aromatic heterocycles. The highest BCUT2D eigenvalue weighted by atomic mass is 16.3. The van der Waals surface area contributed by atoms with Crippen molar-refractivity contribution in [3.63, 3.8) is 0 Å². The van der Waals surface area contributed by atoms with Gasteiger partial charge in [0.15, 0.2) is 0 Å². The fraction of sp³-hybridized carbons (Fsp3) is 0.0625. The topological polar surface area (TPSA) is 111 Å². The number of aromatic nitrogens is 3. The summed E-state index contributed by atoms with van der Waals surface area (Å²) in [6.07, 6.45) is 6.17. The van der Waals surface area contributed by atoms with Gasteiger partial charge < -0.3 is 16.6 Å². The van der Waals surface area contributed by atoms with Crippen molar-refractivity contribution >= 4 is 16.6 Å². The summed E-state index contributed by atoms with van der Waals surface area (Å²) in [5.41, 5.74) is 15.8. The van der Waals surface area contributed by atoms with Crippen molar-refractivity contribution in [2.75, 3.05) is 6.54 Å². The molecule has 0 saturated carbocycles. The molecule has 3 aromatic rings. The number of rotatable bonds is 3. The van der Waals surface area contributed by atoms with Gasteiger partial charge in [-0.15, -0.1) is 0 Å². The van der Waals surface area contributed by atoms with Gasteiger partial charge in [0.2, 0.25) is 0 Å². The fourth-order valence-corrected chi connectivity index (χ4v) is 2.19. The average Bonchev–Trinajstić information content (AvgIpc) is 2.55. The van der Waals surface area contributed by atoms with Gasteiger partial charge >= 0.3 is 0 Å². The van der Waals surface area contributed by atoms with Gasteiger partial charge in [0.25, 0.3) is 0 Å². The van der Waals surface area contributed by atoms with Gasteiger partial charge in [-0.05, 0) is 23.8 Å². The van der Waals surface area contributed by atoms with Crippen molar-refractivity contribution < 1.29 is 5.11 Å². The molecule has 2 heterocycles. The molecule has 0 aliphatic carbocycles. The minimum Gasteiger partial charge on any atom is -0.506 e. The molecule has 110 valence electrons. The number of nitrogens with two attached hydrogens (primary N) is 2. The molecule has 0 unspecified atom stereocenters. The largest absolute Gasteiger partial charge is 0.506 e. The lowest BCUT2D eigenvalue weighted by Gasteiger charge is -2.06. The maximum Gasteiger partial charge on any atom is 0.134 e. The van der Waals surface area contributed by atoms with Crippen molar-refractivity contribution in [1.29, 1.82) is 0 Å². The van der Waals surface area contributed by atoms with Crippen LogP contribution in [-0.2, 0) is 0 Å². The molecule has 3 rings (SSSR count). The van der Waals surface area contributed by atoms with Crippen LogP contribution in [0.2, 0.25) is 0 Å². The van der Waals surface area contributed by atoms with Crippen LogP contribution < -0.4 is 11.5 Å². The number of pyridine rings is 1. The summed E-state index contributed by atoms with van der Waals surface area (Å²) >= 11 is 0. The lowest BCUT2D eigenvalue weighted by atomic mass is 10.1. The van der Waals surface area contributed by atoms with Crippen LogP contribution >= 0.6 is 0 Å². The molecule has 0 bridgehead atoms. The fourth-order valence-electron chi connectivity index (χ4n) is 2.19. The third kappa shape index (κ3) is 2.59. The first-order valence-electron chi connectivity index (χ1n) is 6.73. The molecule has 0 spiro atoms. The van der Waals surface area contributed by atoms with E-state index in [1.807, 2.05) is 18.2 Å². The van der Waals surface area contributed by atoms with Crippen molar-refractivity contribution in [1.82, 2.24) is 15.0 Å². The Hall–Kier alpha value is -2.99. The van der Waals surface area contributed by atoms with Gasteiger partial charge in [0.05, 0.1) is 29.1 Å². The van der Waals surface area contributed by atoms with E-state index in [1.165, 1.54) is 12.4 Å². The molecular weight excluding hydrogens is 278 g/mol. The van der Waals surface area contributed by atoms with Crippen LogP contribution in [0.5, 0.6) is 5.75 Å². The molecule has 6 nitrogen and oxygen atoms in total. The standard InChI is InChI=1S/C16H15N5O/c17-5-12(6-18)16-9-20-14-2-1-10(4-15(14)21-16)11-3-13(22)8-19-7-11/h1-5,7-9,22H,6,17-18H2/b12-5+. The molecule has 0 atom stereocenters. The summed E-state index contributed by atoms with van der Waals surface area (Å²) in [6.45, 7) is 0.298. The predicted molar refractivity (Wildman–Crippen MR) is 85.7 cm³/mol. The number of nitrogens with zero attached hydrogens (tertiary/aromatic N) is 3. The molecular formula is C16H15N5O. The van der Waals surface area contributed by atoms with Crippen LogP contribution in [0.4, 0.5) is 0 Å². The second-order valence-corrected chi connectivity index (χ2v) is 4.79. The van der Waals surface area contributed by atoms with Gasteiger partial charge in [0, 0.05) is 30.1 Å². The van der Waals surface area contributed by atoms with E-state index in [-0.39, 0.29) is 5.75 Å². The first-order chi connectivity index (χ1) is 10.7. The molecule has 0 aliphatic heterocycles. The van der Waals surface area contributed by atoms with E-state index in [0.717, 1.165) is 27.7 Å². The molecule has 0 fully saturated rings. The van der Waals surface area contributed by atoms with E-state index in [4.69, 9.17) is 11.5 Å². The van der Waals surface area contributed by atoms with E-state index in [2.05, 4.69) is 15.0 Å². The van der Waals surface area contributed by atoms with Crippen molar-refractivity contribution in [2.45, 2.75) is 0 Å². The second-order valence-electron chi connectivity index (χ2n) is 4.79. The van der Waals surface area contributed by atoms with Crippen molar-refractivity contribution in [3.8, 4) is 16.9 Å². The highest BCUT2D eigenvalue weighted by Crippen LogP contribution is 2.25. The van der Waals surface area contributed by atoms with Crippen LogP contribution in [-0.4, -0.2) is 26.6 Å². The van der Waals surface area contributed by atoms with Crippen LogP contribution in [0.3, 0.4) is 0 Å². The monoisotopic (exact) mass is 293 g/mol. The zero-order valence-electron chi connectivity index (χ0n) is 11.8. The molecule has 22 heavy (non-hydrogen) atoms. The maximum atomic E-state index is 9.54. The van der Waals surface area contributed by atoms with E-state index in [1.54, 1.807) is 18.5 Å². The highest BCUT2D eigenvalue weighted by molar-refractivity contribution is 5.82. The normalized spacial score (nSPS) is 11.8. The van der Waals surface area contributed by atoms with Crippen molar-refractivity contribution in [2.24, 2.45) is 11.5 Å². The Balaban J connectivity index is 2.12. The SMILES string of the molecule is N/C=C(\CN)c1cnc2ccc(-c3cncc(O)c3)cc2n1. The van der Waals surface area contributed by atoms with Crippen LogP contribution in [0.1, 0.15) is 5.69 Å². The number of aromatic hydroxyl groups is 1. The van der Waals surface area contributed by atoms with Gasteiger partial charge in [-0.1, -0.05) is 6.07 Å². The lowest BCUT2D eigenvalue weighted by molar-refractivity contribution is 0.473. The van der Waals surface area contributed by atoms with E-state index >= 15 is 0 Å². The minimum absolute atomic E-state index is 0.119. The Morgan fingerprint density at radius 3 is 2.68 bits per heavy atom. The summed E-state index contributed by atoms with van der Waals surface area (Å²) < 4.78 is 0. The Morgan fingerprint density at radius 1 is 1.09 bits per heavy atom. The Bertz CT molecular complexity index is 860. The van der Waals surface area contributed by atoms with Crippen LogP contribution in [0.15, 0.2) is 49.1 Å². The zero-order valence-corrected chi connectivity index (χ0v) is 11.8. The third-order valence-electron chi connectivity index (χ3n) is 3.35. The first-order valence-corrected chi connectivity index (χ1v) is 6.73. The smallest absolute Gasteiger partial charge is 0.134 e. The van der Waals surface area contributed by atoms with E-state index in [9.17, 15) is 5.11 Å². The van der Waals surface area contributed by atoms with Crippen LogP contribution in [0.25, 0.3) is 27.7 Å². The van der Waals surface area contributed by atoms with E-state index < -0.39 is 0 Å². The molecule has 0 radical (unpaired) electrons. The number of hydrogen-bond donors (Lipinski definition) is 3. The zero-order chi connectivity index (χ0) is 15.5. The van der Waals surface area contributed by atoms with Gasteiger partial charge in [-0.2, -0.15) is 0 Å². The summed E-state index contributed by atoms with van der Waals surface area (Å²) in [5, 5.41) is 9.54. The summed E-state index contributed by atoms with van der Waals surface area (Å²) in [5.74, 6) is 0.119. The number of fused-ring (bicyclic) bond motifs is 1. The predicted octanol–water partition coefficient (Wildman–Crippen LogP) is 1.66. The Labute approximate surface area is 127 Å². The summed E-state index contributed by atoms with van der Waals surface area (Å²) in [4.78, 5) is 12.9. The summed E-state index contributed by atoms with van der Waals surface area (Å²) in [6, 6.07) is 7.33. The second kappa shape index (κ2) is 5.79. The lowest BCUT2D eigenvalue weighted by Crippen LogP contribution is -2.06. The molecule has 5 N–H and O–H groups in total. The quantitative estimate of drug-likeness (QED) is 0.677.